The zero-order valence-electron chi connectivity index (χ0n) is 14.8. The molecule has 1 aliphatic rings. The molecule has 130 valence electrons. The van der Waals surface area contributed by atoms with Crippen molar-refractivity contribution < 1.29 is 9.53 Å². The molecule has 0 spiro atoms. The van der Waals surface area contributed by atoms with Crippen molar-refractivity contribution in [3.63, 3.8) is 0 Å². The predicted octanol–water partition coefficient (Wildman–Crippen LogP) is 4.57. The Morgan fingerprint density at radius 2 is 2.04 bits per heavy atom. The van der Waals surface area contributed by atoms with Gasteiger partial charge in [0.25, 0.3) is 0 Å². The molecular weight excluding hydrogens is 326 g/mol. The van der Waals surface area contributed by atoms with E-state index in [1.807, 2.05) is 40.0 Å². The van der Waals surface area contributed by atoms with Gasteiger partial charge in [0, 0.05) is 30.2 Å². The number of carbonyl (C=O) groups excluding carboxylic acids is 1. The van der Waals surface area contributed by atoms with Crippen LogP contribution >= 0.6 is 11.6 Å². The predicted molar refractivity (Wildman–Crippen MR) is 95.5 cm³/mol. The lowest BCUT2D eigenvalue weighted by molar-refractivity contribution is 0.00799. The van der Waals surface area contributed by atoms with Gasteiger partial charge in [-0.05, 0) is 58.7 Å². The minimum absolute atomic E-state index is 0.195. The lowest BCUT2D eigenvalue weighted by atomic mass is 9.85. The van der Waals surface area contributed by atoms with Gasteiger partial charge in [0.05, 0.1) is 0 Å². The van der Waals surface area contributed by atoms with Crippen molar-refractivity contribution in [2.45, 2.75) is 58.2 Å². The van der Waals surface area contributed by atoms with Crippen LogP contribution in [0.2, 0.25) is 5.15 Å². The van der Waals surface area contributed by atoms with E-state index in [0.717, 1.165) is 23.9 Å². The highest BCUT2D eigenvalue weighted by Crippen LogP contribution is 2.39. The number of aryl methyl sites for hydroxylation is 1. The fourth-order valence-corrected chi connectivity index (χ4v) is 3.38. The average molecular weight is 350 g/mol. The molecule has 6 heteroatoms. The number of rotatable bonds is 2. The Kier molecular flexibility index (Phi) is 4.24. The first-order valence-corrected chi connectivity index (χ1v) is 8.63. The molecule has 0 bridgehead atoms. The second kappa shape index (κ2) is 5.96. The van der Waals surface area contributed by atoms with Crippen LogP contribution in [-0.4, -0.2) is 39.2 Å². The average Bonchev–Trinajstić information content (AvgIpc) is 2.71. The highest BCUT2D eigenvalue weighted by molar-refractivity contribution is 6.29. The maximum Gasteiger partial charge on any atom is 0.410 e. The summed E-state index contributed by atoms with van der Waals surface area (Å²) in [6.45, 7) is 7.73. The molecule has 1 fully saturated rings. The van der Waals surface area contributed by atoms with E-state index in [9.17, 15) is 4.79 Å². The van der Waals surface area contributed by atoms with Crippen molar-refractivity contribution in [1.29, 1.82) is 0 Å². The van der Waals surface area contributed by atoms with E-state index in [1.54, 1.807) is 4.90 Å². The number of nitrogens with zero attached hydrogens (tertiary/aromatic N) is 3. The molecule has 0 radical (unpaired) electrons. The molecule has 0 atom stereocenters. The van der Waals surface area contributed by atoms with Crippen molar-refractivity contribution in [2.75, 3.05) is 7.05 Å². The highest BCUT2D eigenvalue weighted by atomic mass is 35.5. The topological polar surface area (TPSA) is 47.4 Å². The van der Waals surface area contributed by atoms with Crippen molar-refractivity contribution in [3.8, 4) is 0 Å². The molecule has 3 rings (SSSR count). The third-order valence-electron chi connectivity index (χ3n) is 4.53. The number of aromatic nitrogens is 2. The van der Waals surface area contributed by atoms with Crippen LogP contribution in [0.5, 0.6) is 0 Å². The van der Waals surface area contributed by atoms with Crippen LogP contribution in [0.4, 0.5) is 4.79 Å². The van der Waals surface area contributed by atoms with E-state index in [-0.39, 0.29) is 12.1 Å². The third kappa shape index (κ3) is 3.22. The summed E-state index contributed by atoms with van der Waals surface area (Å²) < 4.78 is 7.68. The normalized spacial score (nSPS) is 20.8. The van der Waals surface area contributed by atoms with Gasteiger partial charge in [-0.1, -0.05) is 11.6 Å². The summed E-state index contributed by atoms with van der Waals surface area (Å²) in [5.74, 6) is 0. The first-order valence-electron chi connectivity index (χ1n) is 8.25. The number of halogens is 1. The van der Waals surface area contributed by atoms with E-state index >= 15 is 0 Å². The molecule has 5 nitrogen and oxygen atoms in total. The lowest BCUT2D eigenvalue weighted by Gasteiger charge is -2.42. The van der Waals surface area contributed by atoms with Crippen molar-refractivity contribution in [1.82, 2.24) is 14.5 Å². The van der Waals surface area contributed by atoms with E-state index in [2.05, 4.69) is 22.5 Å². The largest absolute Gasteiger partial charge is 0.444 e. The summed E-state index contributed by atoms with van der Waals surface area (Å²) >= 11 is 6.05. The molecule has 24 heavy (non-hydrogen) atoms. The fourth-order valence-electron chi connectivity index (χ4n) is 3.23. The van der Waals surface area contributed by atoms with Crippen LogP contribution in [0.1, 0.15) is 45.3 Å². The maximum atomic E-state index is 12.2. The Balaban J connectivity index is 1.72. The second-order valence-electron chi connectivity index (χ2n) is 7.57. The number of carbonyl (C=O) groups is 1. The smallest absolute Gasteiger partial charge is 0.410 e. The van der Waals surface area contributed by atoms with Crippen LogP contribution in [0.25, 0.3) is 11.0 Å². The van der Waals surface area contributed by atoms with Crippen LogP contribution in [0.3, 0.4) is 0 Å². The maximum absolute atomic E-state index is 12.2. The molecule has 0 N–H and O–H groups in total. The van der Waals surface area contributed by atoms with Gasteiger partial charge in [-0.15, -0.1) is 0 Å². The van der Waals surface area contributed by atoms with Crippen molar-refractivity contribution in [3.05, 3.63) is 29.0 Å². The standard InChI is InChI=1S/C18H24ClN3O2/c1-11-8-12-6-7-15(19)20-16(12)22(11)14-9-13(10-14)21(5)17(23)24-18(2,3)4/h6-8,13-14H,9-10H2,1-5H3. The van der Waals surface area contributed by atoms with Gasteiger partial charge in [-0.3, -0.25) is 0 Å². The van der Waals surface area contributed by atoms with E-state index < -0.39 is 5.60 Å². The van der Waals surface area contributed by atoms with Crippen LogP contribution in [0.15, 0.2) is 18.2 Å². The number of fused-ring (bicyclic) bond motifs is 1. The molecule has 0 unspecified atom stereocenters. The number of ether oxygens (including phenoxy) is 1. The first-order chi connectivity index (χ1) is 11.2. The van der Waals surface area contributed by atoms with E-state index in [4.69, 9.17) is 16.3 Å². The molecule has 1 aliphatic carbocycles. The minimum atomic E-state index is -0.470. The van der Waals surface area contributed by atoms with E-state index in [0.29, 0.717) is 11.2 Å². The van der Waals surface area contributed by atoms with Gasteiger partial charge in [-0.25, -0.2) is 9.78 Å². The molecule has 0 saturated heterocycles. The SMILES string of the molecule is Cc1cc2ccc(Cl)nc2n1C1CC(N(C)C(=O)OC(C)(C)C)C1. The number of pyridine rings is 1. The molecule has 0 aromatic carbocycles. The molecule has 1 saturated carbocycles. The molecule has 2 heterocycles. The summed E-state index contributed by atoms with van der Waals surface area (Å²) in [5, 5.41) is 1.60. The second-order valence-corrected chi connectivity index (χ2v) is 7.96. The van der Waals surface area contributed by atoms with Gasteiger partial charge >= 0.3 is 6.09 Å². The zero-order chi connectivity index (χ0) is 17.6. The number of hydrogen-bond acceptors (Lipinski definition) is 3. The third-order valence-corrected chi connectivity index (χ3v) is 4.74. The molecule has 1 amide bonds. The summed E-state index contributed by atoms with van der Waals surface area (Å²) in [4.78, 5) is 18.4. The van der Waals surface area contributed by atoms with Gasteiger partial charge in [0.15, 0.2) is 0 Å². The fraction of sp³-hybridized carbons (Fsp3) is 0.556. The van der Waals surface area contributed by atoms with Gasteiger partial charge in [-0.2, -0.15) is 0 Å². The number of amides is 1. The van der Waals surface area contributed by atoms with Crippen LogP contribution in [-0.2, 0) is 4.74 Å². The Bertz CT molecular complexity index is 772. The van der Waals surface area contributed by atoms with Gasteiger partial charge in [0.1, 0.15) is 16.4 Å². The summed E-state index contributed by atoms with van der Waals surface area (Å²) in [7, 11) is 1.81. The Morgan fingerprint density at radius 1 is 1.38 bits per heavy atom. The minimum Gasteiger partial charge on any atom is -0.444 e. The Hall–Kier alpha value is -1.75. The molecule has 2 aromatic heterocycles. The summed E-state index contributed by atoms with van der Waals surface area (Å²) in [5.41, 5.74) is 1.62. The van der Waals surface area contributed by atoms with Crippen molar-refractivity contribution in [2.24, 2.45) is 0 Å². The molecular formula is C18H24ClN3O2. The number of hydrogen-bond donors (Lipinski definition) is 0. The van der Waals surface area contributed by atoms with Crippen LogP contribution in [0, 0.1) is 6.92 Å². The summed E-state index contributed by atoms with van der Waals surface area (Å²) in [6.07, 6.45) is 1.53. The van der Waals surface area contributed by atoms with Crippen LogP contribution < -0.4 is 0 Å². The molecule has 2 aromatic rings. The van der Waals surface area contributed by atoms with Gasteiger partial charge in [0.2, 0.25) is 0 Å². The Morgan fingerprint density at radius 3 is 2.67 bits per heavy atom. The monoisotopic (exact) mass is 349 g/mol. The summed E-state index contributed by atoms with van der Waals surface area (Å²) in [6, 6.07) is 6.47. The first kappa shape index (κ1) is 17.1. The zero-order valence-corrected chi connectivity index (χ0v) is 15.6. The van der Waals surface area contributed by atoms with Crippen molar-refractivity contribution >= 4 is 28.7 Å². The Labute approximate surface area is 147 Å². The van der Waals surface area contributed by atoms with E-state index in [1.165, 1.54) is 5.69 Å². The quantitative estimate of drug-likeness (QED) is 0.746. The molecule has 0 aliphatic heterocycles. The highest BCUT2D eigenvalue weighted by Gasteiger charge is 2.37. The lowest BCUT2D eigenvalue weighted by Crippen LogP contribution is -2.47. The van der Waals surface area contributed by atoms with Gasteiger partial charge < -0.3 is 14.2 Å².